The van der Waals surface area contributed by atoms with E-state index >= 15 is 0 Å². The summed E-state index contributed by atoms with van der Waals surface area (Å²) >= 11 is 6.02. The molecule has 0 fully saturated rings. The van der Waals surface area contributed by atoms with E-state index in [4.69, 9.17) is 11.6 Å². The van der Waals surface area contributed by atoms with Crippen molar-refractivity contribution in [3.63, 3.8) is 0 Å². The molecule has 0 amide bonds. The molecule has 0 bridgehead atoms. The third kappa shape index (κ3) is 2.98. The molecule has 1 heteroatoms. The van der Waals surface area contributed by atoms with Gasteiger partial charge < -0.3 is 0 Å². The first kappa shape index (κ1) is 11.9. The molecular weight excluding hydrogens is 228 g/mol. The molecule has 0 heterocycles. The van der Waals surface area contributed by atoms with Crippen LogP contribution in [-0.4, -0.2) is 0 Å². The summed E-state index contributed by atoms with van der Waals surface area (Å²) in [4.78, 5) is 0. The minimum absolute atomic E-state index is 0.780. The van der Waals surface area contributed by atoms with Gasteiger partial charge in [0.1, 0.15) is 0 Å². The van der Waals surface area contributed by atoms with E-state index in [0.29, 0.717) is 0 Å². The second kappa shape index (κ2) is 5.20. The Bertz CT molecular complexity index is 539. The fraction of sp³-hybridized carbons (Fsp3) is 0.125. The molecule has 0 atom stereocenters. The lowest BCUT2D eigenvalue weighted by atomic mass is 10.0. The van der Waals surface area contributed by atoms with Crippen molar-refractivity contribution in [1.82, 2.24) is 0 Å². The van der Waals surface area contributed by atoms with Gasteiger partial charge in [-0.15, -0.1) is 0 Å². The summed E-state index contributed by atoms with van der Waals surface area (Å²) in [6.07, 6.45) is 2.18. The maximum absolute atomic E-state index is 6.02. The van der Waals surface area contributed by atoms with Crippen molar-refractivity contribution in [2.24, 2.45) is 0 Å². The van der Waals surface area contributed by atoms with E-state index in [0.717, 1.165) is 5.02 Å². The second-order valence-corrected chi connectivity index (χ2v) is 4.63. The third-order valence-electron chi connectivity index (χ3n) is 2.84. The van der Waals surface area contributed by atoms with Crippen molar-refractivity contribution in [2.45, 2.75) is 13.8 Å². The molecule has 2 aromatic rings. The molecule has 0 unspecified atom stereocenters. The molecule has 17 heavy (non-hydrogen) atoms. The summed E-state index contributed by atoms with van der Waals surface area (Å²) in [5.41, 5.74) is 4.91. The van der Waals surface area contributed by atoms with Gasteiger partial charge in [-0.1, -0.05) is 54.1 Å². The summed E-state index contributed by atoms with van der Waals surface area (Å²) in [6.45, 7) is 4.22. The highest BCUT2D eigenvalue weighted by molar-refractivity contribution is 6.30. The van der Waals surface area contributed by atoms with Crippen LogP contribution in [0.25, 0.3) is 11.6 Å². The summed E-state index contributed by atoms with van der Waals surface area (Å²) in [5.74, 6) is 0. The first-order valence-electron chi connectivity index (χ1n) is 5.67. The molecule has 0 aliphatic heterocycles. The van der Waals surface area contributed by atoms with E-state index in [-0.39, 0.29) is 0 Å². The van der Waals surface area contributed by atoms with Crippen molar-refractivity contribution >= 4 is 23.3 Å². The Morgan fingerprint density at radius 2 is 1.76 bits per heavy atom. The lowest BCUT2D eigenvalue weighted by Gasteiger charge is -2.05. The molecule has 0 spiro atoms. The van der Waals surface area contributed by atoms with Crippen LogP contribution in [-0.2, 0) is 0 Å². The Morgan fingerprint density at radius 3 is 2.47 bits per heavy atom. The Morgan fingerprint density at radius 1 is 1.06 bits per heavy atom. The fourth-order valence-corrected chi connectivity index (χ4v) is 1.97. The first-order chi connectivity index (χ1) is 8.16. The SMILES string of the molecule is C/C(=C\c1cc(Cl)ccc1C)c1ccccc1. The van der Waals surface area contributed by atoms with E-state index in [1.807, 2.05) is 24.3 Å². The maximum atomic E-state index is 6.02. The summed E-state index contributed by atoms with van der Waals surface area (Å²) in [7, 11) is 0. The van der Waals surface area contributed by atoms with Crippen LogP contribution in [0.1, 0.15) is 23.6 Å². The van der Waals surface area contributed by atoms with Gasteiger partial charge in [-0.25, -0.2) is 0 Å². The molecule has 2 aromatic carbocycles. The topological polar surface area (TPSA) is 0 Å². The van der Waals surface area contributed by atoms with Crippen molar-refractivity contribution in [2.75, 3.05) is 0 Å². The standard InChI is InChI=1S/C16H15Cl/c1-12-8-9-16(17)11-15(12)10-13(2)14-6-4-3-5-7-14/h3-11H,1-2H3/b13-10+. The Balaban J connectivity index is 2.39. The highest BCUT2D eigenvalue weighted by atomic mass is 35.5. The van der Waals surface area contributed by atoms with Crippen molar-refractivity contribution < 1.29 is 0 Å². The van der Waals surface area contributed by atoms with Crippen LogP contribution in [0.5, 0.6) is 0 Å². The molecule has 2 rings (SSSR count). The largest absolute Gasteiger partial charge is 0.0843 e. The van der Waals surface area contributed by atoms with E-state index in [1.165, 1.54) is 22.3 Å². The van der Waals surface area contributed by atoms with Crippen molar-refractivity contribution in [1.29, 1.82) is 0 Å². The number of rotatable bonds is 2. The quantitative estimate of drug-likeness (QED) is 0.635. The first-order valence-corrected chi connectivity index (χ1v) is 6.04. The number of hydrogen-bond acceptors (Lipinski definition) is 0. The normalized spacial score (nSPS) is 11.6. The average molecular weight is 243 g/mol. The minimum Gasteiger partial charge on any atom is -0.0843 e. The highest BCUT2D eigenvalue weighted by Gasteiger charge is 1.99. The van der Waals surface area contributed by atoms with Crippen LogP contribution in [0.2, 0.25) is 5.02 Å². The van der Waals surface area contributed by atoms with Gasteiger partial charge in [0.2, 0.25) is 0 Å². The van der Waals surface area contributed by atoms with Crippen LogP contribution in [0.3, 0.4) is 0 Å². The molecule has 0 saturated carbocycles. The predicted molar refractivity (Wildman–Crippen MR) is 76.2 cm³/mol. The second-order valence-electron chi connectivity index (χ2n) is 4.19. The number of aryl methyl sites for hydroxylation is 1. The van der Waals surface area contributed by atoms with Gasteiger partial charge in [0.05, 0.1) is 0 Å². The monoisotopic (exact) mass is 242 g/mol. The molecule has 0 aliphatic carbocycles. The summed E-state index contributed by atoms with van der Waals surface area (Å²) in [6, 6.07) is 16.3. The number of benzene rings is 2. The van der Waals surface area contributed by atoms with Crippen LogP contribution in [0, 0.1) is 6.92 Å². The lowest BCUT2D eigenvalue weighted by Crippen LogP contribution is -1.83. The molecule has 0 aliphatic rings. The van der Waals surface area contributed by atoms with E-state index < -0.39 is 0 Å². The molecule has 0 radical (unpaired) electrons. The predicted octanol–water partition coefficient (Wildman–Crippen LogP) is 5.21. The maximum Gasteiger partial charge on any atom is 0.0412 e. The van der Waals surface area contributed by atoms with Crippen LogP contribution in [0.15, 0.2) is 48.5 Å². The Hall–Kier alpha value is -1.53. The van der Waals surface area contributed by atoms with Gasteiger partial charge in [0.25, 0.3) is 0 Å². The molecule has 0 aromatic heterocycles. The zero-order valence-corrected chi connectivity index (χ0v) is 10.8. The molecule has 86 valence electrons. The van der Waals surface area contributed by atoms with Crippen molar-refractivity contribution in [3.05, 3.63) is 70.2 Å². The zero-order valence-electron chi connectivity index (χ0n) is 10.1. The van der Waals surface area contributed by atoms with E-state index in [9.17, 15) is 0 Å². The third-order valence-corrected chi connectivity index (χ3v) is 3.08. The average Bonchev–Trinajstić information content (AvgIpc) is 2.35. The number of allylic oxidation sites excluding steroid dienone is 1. The van der Waals surface area contributed by atoms with Crippen LogP contribution < -0.4 is 0 Å². The Labute approximate surface area is 108 Å². The zero-order chi connectivity index (χ0) is 12.3. The lowest BCUT2D eigenvalue weighted by molar-refractivity contribution is 1.44. The molecule has 0 saturated heterocycles. The van der Waals surface area contributed by atoms with Gasteiger partial charge in [0, 0.05) is 5.02 Å². The summed E-state index contributed by atoms with van der Waals surface area (Å²) < 4.78 is 0. The molecule has 0 N–H and O–H groups in total. The van der Waals surface area contributed by atoms with Crippen LogP contribution in [0.4, 0.5) is 0 Å². The van der Waals surface area contributed by atoms with Gasteiger partial charge in [-0.3, -0.25) is 0 Å². The number of hydrogen-bond donors (Lipinski definition) is 0. The number of halogens is 1. The van der Waals surface area contributed by atoms with Crippen molar-refractivity contribution in [3.8, 4) is 0 Å². The van der Waals surface area contributed by atoms with E-state index in [2.05, 4.69) is 44.2 Å². The van der Waals surface area contributed by atoms with Gasteiger partial charge in [0.15, 0.2) is 0 Å². The molecular formula is C16H15Cl. The van der Waals surface area contributed by atoms with Crippen LogP contribution >= 0.6 is 11.6 Å². The fourth-order valence-electron chi connectivity index (χ4n) is 1.78. The Kier molecular flexibility index (Phi) is 3.65. The van der Waals surface area contributed by atoms with Gasteiger partial charge in [-0.05, 0) is 48.2 Å². The minimum atomic E-state index is 0.780. The van der Waals surface area contributed by atoms with E-state index in [1.54, 1.807) is 0 Å². The summed E-state index contributed by atoms with van der Waals surface area (Å²) in [5, 5.41) is 0.780. The van der Waals surface area contributed by atoms with Gasteiger partial charge in [-0.2, -0.15) is 0 Å². The smallest absolute Gasteiger partial charge is 0.0412 e. The highest BCUT2D eigenvalue weighted by Crippen LogP contribution is 2.22. The molecule has 0 nitrogen and oxygen atoms in total. The van der Waals surface area contributed by atoms with Gasteiger partial charge >= 0.3 is 0 Å².